The third-order valence-corrected chi connectivity index (χ3v) is 6.05. The number of carbonyl (C=O) groups excluding carboxylic acids is 1. The first kappa shape index (κ1) is 21.9. The van der Waals surface area contributed by atoms with Crippen LogP contribution in [0.25, 0.3) is 27.5 Å². The van der Waals surface area contributed by atoms with E-state index in [1.165, 1.54) is 4.68 Å². The molecule has 0 spiro atoms. The Kier molecular flexibility index (Phi) is 5.93. The van der Waals surface area contributed by atoms with Crippen LogP contribution in [-0.4, -0.2) is 45.4 Å². The SMILES string of the molecule is CCN(CC)C(=O)Cc1nn(-c2ccc(OC)cc2)c(=O)c2c1c1ccc(Cl)cc1n2C. The average Bonchev–Trinajstić information content (AvgIpc) is 3.09. The van der Waals surface area contributed by atoms with Crippen LogP contribution in [0.1, 0.15) is 19.5 Å². The van der Waals surface area contributed by atoms with Crippen molar-refractivity contribution < 1.29 is 9.53 Å². The van der Waals surface area contributed by atoms with E-state index in [4.69, 9.17) is 16.3 Å². The number of nitrogens with zero attached hydrogens (tertiary/aromatic N) is 4. The Balaban J connectivity index is 2.03. The minimum absolute atomic E-state index is 0.0327. The van der Waals surface area contributed by atoms with Crippen LogP contribution in [0, 0.1) is 0 Å². The van der Waals surface area contributed by atoms with Gasteiger partial charge >= 0.3 is 0 Å². The van der Waals surface area contributed by atoms with Gasteiger partial charge in [0.05, 0.1) is 30.4 Å². The van der Waals surface area contributed by atoms with Gasteiger partial charge in [-0.2, -0.15) is 9.78 Å². The van der Waals surface area contributed by atoms with Crippen molar-refractivity contribution in [1.82, 2.24) is 19.2 Å². The third kappa shape index (κ3) is 3.62. The maximum atomic E-state index is 13.6. The van der Waals surface area contributed by atoms with Gasteiger partial charge in [0.25, 0.3) is 5.56 Å². The van der Waals surface area contributed by atoms with E-state index in [1.807, 2.05) is 37.6 Å². The number of carbonyl (C=O) groups is 1. The number of halogens is 1. The van der Waals surface area contributed by atoms with E-state index < -0.39 is 0 Å². The van der Waals surface area contributed by atoms with Gasteiger partial charge in [-0.3, -0.25) is 9.59 Å². The first-order valence-corrected chi connectivity index (χ1v) is 10.9. The van der Waals surface area contributed by atoms with Gasteiger partial charge in [0.15, 0.2) is 0 Å². The van der Waals surface area contributed by atoms with Gasteiger partial charge < -0.3 is 14.2 Å². The normalized spacial score (nSPS) is 11.3. The van der Waals surface area contributed by atoms with Gasteiger partial charge in [-0.1, -0.05) is 17.7 Å². The van der Waals surface area contributed by atoms with Crippen molar-refractivity contribution in [1.29, 1.82) is 0 Å². The number of hydrogen-bond donors (Lipinski definition) is 0. The molecule has 0 aliphatic heterocycles. The summed E-state index contributed by atoms with van der Waals surface area (Å²) in [6.07, 6.45) is 0.0936. The van der Waals surface area contributed by atoms with Crippen LogP contribution in [0.15, 0.2) is 47.3 Å². The molecule has 7 nitrogen and oxygen atoms in total. The van der Waals surface area contributed by atoms with Crippen LogP contribution in [0.2, 0.25) is 5.02 Å². The van der Waals surface area contributed by atoms with Crippen LogP contribution < -0.4 is 10.3 Å². The molecule has 2 heterocycles. The fraction of sp³-hybridized carbons (Fsp3) is 0.292. The third-order valence-electron chi connectivity index (χ3n) is 5.82. The molecule has 2 aromatic heterocycles. The number of fused-ring (bicyclic) bond motifs is 3. The zero-order valence-electron chi connectivity index (χ0n) is 18.6. The number of aromatic nitrogens is 3. The van der Waals surface area contributed by atoms with Crippen molar-refractivity contribution >= 4 is 39.3 Å². The quantitative estimate of drug-likeness (QED) is 0.444. The molecule has 32 heavy (non-hydrogen) atoms. The number of benzene rings is 2. The standard InChI is InChI=1S/C24H25ClN4O3/c1-5-28(6-2)21(30)14-19-22-18-12-7-15(25)13-20(18)27(3)23(22)24(31)29(26-19)16-8-10-17(32-4)11-9-16/h7-13H,5-6,14H2,1-4H3. The molecule has 0 aliphatic carbocycles. The Bertz CT molecular complexity index is 1370. The van der Waals surface area contributed by atoms with Crippen molar-refractivity contribution in [3.63, 3.8) is 0 Å². The highest BCUT2D eigenvalue weighted by Crippen LogP contribution is 2.31. The summed E-state index contributed by atoms with van der Waals surface area (Å²) >= 11 is 6.23. The molecule has 4 aromatic rings. The van der Waals surface area contributed by atoms with Gasteiger partial charge in [0.1, 0.15) is 11.3 Å². The van der Waals surface area contributed by atoms with Gasteiger partial charge in [-0.25, -0.2) is 0 Å². The molecule has 0 radical (unpaired) electrons. The molecule has 0 bridgehead atoms. The topological polar surface area (TPSA) is 69.4 Å². The maximum Gasteiger partial charge on any atom is 0.296 e. The molecule has 0 fully saturated rings. The molecule has 2 aromatic carbocycles. The summed E-state index contributed by atoms with van der Waals surface area (Å²) < 4.78 is 8.41. The summed E-state index contributed by atoms with van der Waals surface area (Å²) in [4.78, 5) is 28.3. The molecule has 1 amide bonds. The highest BCUT2D eigenvalue weighted by Gasteiger charge is 2.22. The smallest absolute Gasteiger partial charge is 0.296 e. The molecule has 8 heteroatoms. The molecule has 0 unspecified atom stereocenters. The van der Waals surface area contributed by atoms with E-state index in [2.05, 4.69) is 5.10 Å². The van der Waals surface area contributed by atoms with E-state index in [-0.39, 0.29) is 17.9 Å². The van der Waals surface area contributed by atoms with Crippen LogP contribution in [0.4, 0.5) is 0 Å². The highest BCUT2D eigenvalue weighted by atomic mass is 35.5. The second-order valence-electron chi connectivity index (χ2n) is 7.55. The van der Waals surface area contributed by atoms with Crippen molar-refractivity contribution in [3.8, 4) is 11.4 Å². The molecule has 0 aliphatic rings. The van der Waals surface area contributed by atoms with Crippen molar-refractivity contribution in [2.75, 3.05) is 20.2 Å². The Morgan fingerprint density at radius 2 is 1.81 bits per heavy atom. The number of rotatable bonds is 6. The number of aryl methyl sites for hydroxylation is 1. The highest BCUT2D eigenvalue weighted by molar-refractivity contribution is 6.31. The maximum absolute atomic E-state index is 13.6. The van der Waals surface area contributed by atoms with Gasteiger partial charge in [0.2, 0.25) is 5.91 Å². The van der Waals surface area contributed by atoms with Crippen molar-refractivity contribution in [2.45, 2.75) is 20.3 Å². The lowest BCUT2D eigenvalue weighted by atomic mass is 10.1. The minimum Gasteiger partial charge on any atom is -0.497 e. The van der Waals surface area contributed by atoms with E-state index in [0.29, 0.717) is 46.1 Å². The van der Waals surface area contributed by atoms with Crippen LogP contribution in [0.3, 0.4) is 0 Å². The Morgan fingerprint density at radius 1 is 1.12 bits per heavy atom. The first-order valence-electron chi connectivity index (χ1n) is 10.5. The summed E-state index contributed by atoms with van der Waals surface area (Å²) in [6.45, 7) is 5.12. The number of hydrogen-bond acceptors (Lipinski definition) is 4. The number of ether oxygens (including phenoxy) is 1. The Hall–Kier alpha value is -3.32. The fourth-order valence-corrected chi connectivity index (χ4v) is 4.29. The van der Waals surface area contributed by atoms with Crippen molar-refractivity contribution in [3.05, 3.63) is 63.5 Å². The second-order valence-corrected chi connectivity index (χ2v) is 7.99. The van der Waals surface area contributed by atoms with E-state index >= 15 is 0 Å². The van der Waals surface area contributed by atoms with Crippen LogP contribution in [-0.2, 0) is 18.3 Å². The predicted molar refractivity (Wildman–Crippen MR) is 127 cm³/mol. The molecule has 0 saturated heterocycles. The Morgan fingerprint density at radius 3 is 2.44 bits per heavy atom. The lowest BCUT2D eigenvalue weighted by molar-refractivity contribution is -0.130. The molecule has 166 valence electrons. The molecule has 4 rings (SSSR count). The first-order chi connectivity index (χ1) is 15.4. The second kappa shape index (κ2) is 8.67. The minimum atomic E-state index is -0.265. The molecule has 0 atom stereocenters. The Labute approximate surface area is 190 Å². The lowest BCUT2D eigenvalue weighted by Crippen LogP contribution is -2.33. The number of amides is 1. The zero-order valence-corrected chi connectivity index (χ0v) is 19.3. The lowest BCUT2D eigenvalue weighted by Gasteiger charge is -2.19. The monoisotopic (exact) mass is 452 g/mol. The molecule has 0 N–H and O–H groups in total. The predicted octanol–water partition coefficient (Wildman–Crippen LogP) is 3.95. The van der Waals surface area contributed by atoms with Crippen LogP contribution >= 0.6 is 11.6 Å². The van der Waals surface area contributed by atoms with Crippen molar-refractivity contribution in [2.24, 2.45) is 7.05 Å². The summed E-state index contributed by atoms with van der Waals surface area (Å²) in [7, 11) is 3.42. The van der Waals surface area contributed by atoms with E-state index in [0.717, 1.165) is 10.9 Å². The summed E-state index contributed by atoms with van der Waals surface area (Å²) in [5.74, 6) is 0.647. The molecule has 0 saturated carbocycles. The zero-order chi connectivity index (χ0) is 23.0. The molecular weight excluding hydrogens is 428 g/mol. The average molecular weight is 453 g/mol. The van der Waals surface area contributed by atoms with Gasteiger partial charge in [-0.15, -0.1) is 0 Å². The summed E-state index contributed by atoms with van der Waals surface area (Å²) in [5.41, 5.74) is 2.18. The van der Waals surface area contributed by atoms with Gasteiger partial charge in [0, 0.05) is 35.9 Å². The fourth-order valence-electron chi connectivity index (χ4n) is 4.12. The number of likely N-dealkylation sites (N-methyl/N-ethyl adjacent to an activating group) is 1. The number of methoxy groups -OCH3 is 1. The molecular formula is C24H25ClN4O3. The summed E-state index contributed by atoms with van der Waals surface area (Å²) in [5, 5.41) is 6.79. The summed E-state index contributed by atoms with van der Waals surface area (Å²) in [6, 6.07) is 12.6. The van der Waals surface area contributed by atoms with E-state index in [9.17, 15) is 9.59 Å². The van der Waals surface area contributed by atoms with E-state index in [1.54, 1.807) is 42.3 Å². The van der Waals surface area contributed by atoms with Gasteiger partial charge in [-0.05, 0) is 50.2 Å². The largest absolute Gasteiger partial charge is 0.497 e. The van der Waals surface area contributed by atoms with Crippen LogP contribution in [0.5, 0.6) is 5.75 Å².